The van der Waals surface area contributed by atoms with Crippen LogP contribution in [0.3, 0.4) is 0 Å². The van der Waals surface area contributed by atoms with E-state index < -0.39 is 0 Å². The van der Waals surface area contributed by atoms with E-state index in [0.29, 0.717) is 36.0 Å². The van der Waals surface area contributed by atoms with E-state index in [0.717, 1.165) is 18.8 Å². The number of amides is 1. The van der Waals surface area contributed by atoms with E-state index >= 15 is 0 Å². The van der Waals surface area contributed by atoms with Crippen LogP contribution in [0.2, 0.25) is 0 Å². The van der Waals surface area contributed by atoms with Crippen molar-refractivity contribution in [2.75, 3.05) is 36.5 Å². The summed E-state index contributed by atoms with van der Waals surface area (Å²) < 4.78 is 11.2. The van der Waals surface area contributed by atoms with Gasteiger partial charge in [0.05, 0.1) is 18.8 Å². The van der Waals surface area contributed by atoms with Gasteiger partial charge in [-0.25, -0.2) is 4.98 Å². The lowest BCUT2D eigenvalue weighted by Gasteiger charge is -2.29. The number of ether oxygens (including phenoxy) is 2. The lowest BCUT2D eigenvalue weighted by atomic mass is 10.2. The van der Waals surface area contributed by atoms with E-state index in [2.05, 4.69) is 15.2 Å². The Morgan fingerprint density at radius 1 is 0.929 bits per heavy atom. The number of carbonyl (C=O) groups excluding carboxylic acids is 1. The summed E-state index contributed by atoms with van der Waals surface area (Å²) in [4.78, 5) is 19.3. The molecule has 3 aromatic rings. The maximum absolute atomic E-state index is 12.8. The first-order valence-corrected chi connectivity index (χ1v) is 9.21. The van der Waals surface area contributed by atoms with Crippen LogP contribution in [0.5, 0.6) is 11.5 Å². The van der Waals surface area contributed by atoms with E-state index in [1.54, 1.807) is 18.3 Å². The highest BCUT2D eigenvalue weighted by molar-refractivity contribution is 6.07. The molecule has 1 amide bonds. The molecule has 0 spiro atoms. The largest absolute Gasteiger partial charge is 0.457 e. The first-order chi connectivity index (χ1) is 13.8. The van der Waals surface area contributed by atoms with E-state index in [1.807, 2.05) is 54.6 Å². The standard InChI is InChI=1S/C22H21N3O3/c26-22(20-7-4-12-23-21(20)25-13-15-27-16-14-25)24-17-8-10-19(11-9-17)28-18-5-2-1-3-6-18/h1-12H,13-16H2,(H,24,26). The second-order valence-electron chi connectivity index (χ2n) is 6.37. The number of anilines is 2. The number of aromatic nitrogens is 1. The highest BCUT2D eigenvalue weighted by atomic mass is 16.5. The third-order valence-corrected chi connectivity index (χ3v) is 4.43. The molecule has 0 unspecified atom stereocenters. The van der Waals surface area contributed by atoms with Crippen molar-refractivity contribution in [3.8, 4) is 11.5 Å². The predicted octanol–water partition coefficient (Wildman–Crippen LogP) is 3.96. The van der Waals surface area contributed by atoms with Gasteiger partial charge < -0.3 is 19.7 Å². The fraction of sp³-hybridized carbons (Fsp3) is 0.182. The van der Waals surface area contributed by atoms with Gasteiger partial charge in [-0.1, -0.05) is 18.2 Å². The van der Waals surface area contributed by atoms with E-state index in [9.17, 15) is 4.79 Å². The van der Waals surface area contributed by atoms with Gasteiger partial charge in [-0.15, -0.1) is 0 Å². The second-order valence-corrected chi connectivity index (χ2v) is 6.37. The van der Waals surface area contributed by atoms with Crippen LogP contribution in [0.15, 0.2) is 72.9 Å². The normalized spacial score (nSPS) is 13.8. The summed E-state index contributed by atoms with van der Waals surface area (Å²) in [6.45, 7) is 2.73. The van der Waals surface area contributed by atoms with Gasteiger partial charge >= 0.3 is 0 Å². The number of benzene rings is 2. The summed E-state index contributed by atoms with van der Waals surface area (Å²) in [5.74, 6) is 1.98. The highest BCUT2D eigenvalue weighted by Gasteiger charge is 2.19. The van der Waals surface area contributed by atoms with Crippen LogP contribution in [-0.4, -0.2) is 37.2 Å². The quantitative estimate of drug-likeness (QED) is 0.731. The Hall–Kier alpha value is -3.38. The van der Waals surface area contributed by atoms with Crippen molar-refractivity contribution in [1.82, 2.24) is 4.98 Å². The first-order valence-electron chi connectivity index (χ1n) is 9.21. The van der Waals surface area contributed by atoms with E-state index in [-0.39, 0.29) is 5.91 Å². The Morgan fingerprint density at radius 3 is 2.39 bits per heavy atom. The number of nitrogens with one attached hydrogen (secondary N) is 1. The number of hydrogen-bond donors (Lipinski definition) is 1. The molecule has 4 rings (SSSR count). The maximum atomic E-state index is 12.8. The van der Waals surface area contributed by atoms with Crippen molar-refractivity contribution >= 4 is 17.4 Å². The van der Waals surface area contributed by atoms with Crippen molar-refractivity contribution in [3.63, 3.8) is 0 Å². The molecule has 0 aliphatic carbocycles. The molecule has 1 aliphatic rings. The molecule has 1 N–H and O–H groups in total. The number of hydrogen-bond acceptors (Lipinski definition) is 5. The van der Waals surface area contributed by atoms with Gasteiger partial charge in [-0.05, 0) is 48.5 Å². The van der Waals surface area contributed by atoms with Gasteiger partial charge in [-0.2, -0.15) is 0 Å². The molecule has 1 saturated heterocycles. The molecule has 0 atom stereocenters. The van der Waals surface area contributed by atoms with Crippen LogP contribution in [0.25, 0.3) is 0 Å². The second kappa shape index (κ2) is 8.54. The molecule has 6 nitrogen and oxygen atoms in total. The molecule has 1 aromatic heterocycles. The molecule has 6 heteroatoms. The number of pyridine rings is 1. The Kier molecular flexibility index (Phi) is 5.49. The molecular weight excluding hydrogens is 354 g/mol. The predicted molar refractivity (Wildman–Crippen MR) is 108 cm³/mol. The molecule has 28 heavy (non-hydrogen) atoms. The summed E-state index contributed by atoms with van der Waals surface area (Å²) in [6, 6.07) is 20.4. The topological polar surface area (TPSA) is 63.7 Å². The average molecular weight is 375 g/mol. The smallest absolute Gasteiger partial charge is 0.259 e. The summed E-state index contributed by atoms with van der Waals surface area (Å²) in [5, 5.41) is 2.94. The summed E-state index contributed by atoms with van der Waals surface area (Å²) in [7, 11) is 0. The van der Waals surface area contributed by atoms with Crippen molar-refractivity contribution in [2.45, 2.75) is 0 Å². The maximum Gasteiger partial charge on any atom is 0.259 e. The van der Waals surface area contributed by atoms with E-state index in [1.165, 1.54) is 0 Å². The average Bonchev–Trinajstić information content (AvgIpc) is 2.76. The summed E-state index contributed by atoms with van der Waals surface area (Å²) in [6.07, 6.45) is 1.71. The lowest BCUT2D eigenvalue weighted by molar-refractivity contribution is 0.102. The van der Waals surface area contributed by atoms with Gasteiger partial charge in [0.15, 0.2) is 0 Å². The molecule has 142 valence electrons. The van der Waals surface area contributed by atoms with Gasteiger partial charge in [0.2, 0.25) is 0 Å². The molecule has 0 saturated carbocycles. The minimum atomic E-state index is -0.189. The van der Waals surface area contributed by atoms with Crippen LogP contribution in [-0.2, 0) is 4.74 Å². The number of morpholine rings is 1. The Bertz CT molecular complexity index is 923. The van der Waals surface area contributed by atoms with Crippen LogP contribution < -0.4 is 15.0 Å². The fourth-order valence-electron chi connectivity index (χ4n) is 3.03. The van der Waals surface area contributed by atoms with Crippen LogP contribution >= 0.6 is 0 Å². The van der Waals surface area contributed by atoms with Gasteiger partial charge in [0, 0.05) is 25.0 Å². The SMILES string of the molecule is O=C(Nc1ccc(Oc2ccccc2)cc1)c1cccnc1N1CCOCC1. The van der Waals surface area contributed by atoms with Gasteiger partial charge in [0.1, 0.15) is 17.3 Å². The zero-order valence-electron chi connectivity index (χ0n) is 15.4. The van der Waals surface area contributed by atoms with Crippen molar-refractivity contribution in [2.24, 2.45) is 0 Å². The van der Waals surface area contributed by atoms with Gasteiger partial charge in [-0.3, -0.25) is 4.79 Å². The monoisotopic (exact) mass is 375 g/mol. The van der Waals surface area contributed by atoms with Crippen molar-refractivity contribution in [3.05, 3.63) is 78.5 Å². The molecule has 2 heterocycles. The highest BCUT2D eigenvalue weighted by Crippen LogP contribution is 2.24. The number of carbonyl (C=O) groups is 1. The fourth-order valence-corrected chi connectivity index (χ4v) is 3.03. The van der Waals surface area contributed by atoms with Crippen molar-refractivity contribution < 1.29 is 14.3 Å². The molecule has 2 aromatic carbocycles. The molecule has 1 fully saturated rings. The molecule has 1 aliphatic heterocycles. The summed E-state index contributed by atoms with van der Waals surface area (Å²) in [5.41, 5.74) is 1.25. The number of para-hydroxylation sites is 1. The van der Waals surface area contributed by atoms with Crippen LogP contribution in [0, 0.1) is 0 Å². The van der Waals surface area contributed by atoms with Crippen LogP contribution in [0.4, 0.5) is 11.5 Å². The van der Waals surface area contributed by atoms with Crippen molar-refractivity contribution in [1.29, 1.82) is 0 Å². The zero-order valence-corrected chi connectivity index (χ0v) is 15.4. The van der Waals surface area contributed by atoms with Gasteiger partial charge in [0.25, 0.3) is 5.91 Å². The third kappa shape index (κ3) is 4.29. The molecule has 0 bridgehead atoms. The zero-order chi connectivity index (χ0) is 19.2. The molecular formula is C22H21N3O3. The number of nitrogens with zero attached hydrogens (tertiary/aromatic N) is 2. The minimum absolute atomic E-state index is 0.189. The molecule has 0 radical (unpaired) electrons. The third-order valence-electron chi connectivity index (χ3n) is 4.43. The number of rotatable bonds is 5. The Morgan fingerprint density at radius 2 is 1.64 bits per heavy atom. The first kappa shape index (κ1) is 18.0. The lowest BCUT2D eigenvalue weighted by Crippen LogP contribution is -2.38. The van der Waals surface area contributed by atoms with E-state index in [4.69, 9.17) is 9.47 Å². The Labute approximate surface area is 163 Å². The summed E-state index contributed by atoms with van der Waals surface area (Å²) >= 11 is 0. The minimum Gasteiger partial charge on any atom is -0.457 e. The van der Waals surface area contributed by atoms with Crippen LogP contribution in [0.1, 0.15) is 10.4 Å². The Balaban J connectivity index is 1.45.